The topological polar surface area (TPSA) is 55.1 Å². The highest BCUT2D eigenvalue weighted by Crippen LogP contribution is 2.32. The molecule has 1 aromatic carbocycles. The average Bonchev–Trinajstić information content (AvgIpc) is 2.66. The normalized spacial score (nSPS) is 15.0. The molecule has 0 atom stereocenters. The lowest BCUT2D eigenvalue weighted by Crippen LogP contribution is -2.07. The molecule has 0 saturated carbocycles. The summed E-state index contributed by atoms with van der Waals surface area (Å²) in [6.45, 7) is 0.930. The Bertz CT molecular complexity index is 577. The minimum Gasteiger partial charge on any atom is -0.478 e. The van der Waals surface area contributed by atoms with Gasteiger partial charge >= 0.3 is 5.97 Å². The SMILES string of the molecule is O=C(O)c1ccc2c3n(nc2c1)CCCS3. The lowest BCUT2D eigenvalue weighted by molar-refractivity contribution is 0.0697. The molecule has 0 fully saturated rings. The number of aromatic carboxylic acids is 1. The largest absolute Gasteiger partial charge is 0.478 e. The fraction of sp³-hybridized carbons (Fsp3) is 0.273. The van der Waals surface area contributed by atoms with Crippen LogP contribution in [0, 0.1) is 0 Å². The summed E-state index contributed by atoms with van der Waals surface area (Å²) < 4.78 is 1.98. The Morgan fingerprint density at radius 1 is 1.50 bits per heavy atom. The van der Waals surface area contributed by atoms with Gasteiger partial charge in [-0.1, -0.05) is 0 Å². The maximum absolute atomic E-state index is 10.8. The number of carboxylic acids is 1. The molecule has 2 heterocycles. The van der Waals surface area contributed by atoms with E-state index in [9.17, 15) is 4.79 Å². The molecule has 1 aliphatic heterocycles. The third-order valence-electron chi connectivity index (χ3n) is 2.69. The lowest BCUT2D eigenvalue weighted by Gasteiger charge is -2.11. The standard InChI is InChI=1S/C11H10N2O2S/c14-11(15)7-2-3-8-9(6-7)12-13-4-1-5-16-10(8)13/h2-3,6H,1,4-5H2,(H,14,15). The van der Waals surface area contributed by atoms with E-state index in [1.807, 2.05) is 10.7 Å². The Labute approximate surface area is 96.3 Å². The third kappa shape index (κ3) is 1.39. The lowest BCUT2D eigenvalue weighted by atomic mass is 10.2. The van der Waals surface area contributed by atoms with Crippen LogP contribution in [0.15, 0.2) is 23.2 Å². The Kier molecular flexibility index (Phi) is 2.14. The third-order valence-corrected chi connectivity index (χ3v) is 3.89. The van der Waals surface area contributed by atoms with Crippen LogP contribution in [0.25, 0.3) is 10.9 Å². The Hall–Kier alpha value is -1.49. The van der Waals surface area contributed by atoms with E-state index >= 15 is 0 Å². The molecule has 1 aromatic heterocycles. The number of rotatable bonds is 1. The summed E-state index contributed by atoms with van der Waals surface area (Å²) in [6, 6.07) is 5.14. The summed E-state index contributed by atoms with van der Waals surface area (Å²) in [5.41, 5.74) is 1.08. The van der Waals surface area contributed by atoms with Crippen molar-refractivity contribution >= 4 is 28.6 Å². The first-order valence-electron chi connectivity index (χ1n) is 5.12. The van der Waals surface area contributed by atoms with Crippen molar-refractivity contribution in [2.45, 2.75) is 18.0 Å². The predicted molar refractivity (Wildman–Crippen MR) is 62.0 cm³/mol. The molecule has 1 aliphatic rings. The maximum atomic E-state index is 10.8. The highest BCUT2D eigenvalue weighted by molar-refractivity contribution is 7.99. The molecule has 0 spiro atoms. The van der Waals surface area contributed by atoms with Gasteiger partial charge in [-0.2, -0.15) is 5.10 Å². The number of benzene rings is 1. The van der Waals surface area contributed by atoms with E-state index in [1.165, 1.54) is 0 Å². The van der Waals surface area contributed by atoms with Crippen LogP contribution >= 0.6 is 11.8 Å². The van der Waals surface area contributed by atoms with Crippen molar-refractivity contribution in [3.63, 3.8) is 0 Å². The number of hydrogen-bond donors (Lipinski definition) is 1. The van der Waals surface area contributed by atoms with E-state index in [0.717, 1.165) is 34.6 Å². The molecule has 0 aliphatic carbocycles. The van der Waals surface area contributed by atoms with Gasteiger partial charge in [-0.3, -0.25) is 4.68 Å². The Morgan fingerprint density at radius 2 is 2.38 bits per heavy atom. The van der Waals surface area contributed by atoms with Crippen molar-refractivity contribution < 1.29 is 9.90 Å². The van der Waals surface area contributed by atoms with E-state index in [-0.39, 0.29) is 0 Å². The van der Waals surface area contributed by atoms with Crippen LogP contribution < -0.4 is 0 Å². The Balaban J connectivity index is 2.22. The number of carbonyl (C=O) groups is 1. The van der Waals surface area contributed by atoms with Gasteiger partial charge in [0.1, 0.15) is 5.03 Å². The second kappa shape index (κ2) is 3.52. The minimum absolute atomic E-state index is 0.299. The molecule has 5 heteroatoms. The monoisotopic (exact) mass is 234 g/mol. The summed E-state index contributed by atoms with van der Waals surface area (Å²) in [7, 11) is 0. The second-order valence-corrected chi connectivity index (χ2v) is 4.85. The summed E-state index contributed by atoms with van der Waals surface area (Å²) in [5.74, 6) is 0.210. The number of nitrogens with zero attached hydrogens (tertiary/aromatic N) is 2. The smallest absolute Gasteiger partial charge is 0.335 e. The van der Waals surface area contributed by atoms with Crippen LogP contribution in [-0.2, 0) is 6.54 Å². The molecule has 0 saturated heterocycles. The molecule has 1 N–H and O–H groups in total. The van der Waals surface area contributed by atoms with Gasteiger partial charge in [-0.05, 0) is 24.6 Å². The Morgan fingerprint density at radius 3 is 3.19 bits per heavy atom. The molecule has 16 heavy (non-hydrogen) atoms. The number of aryl methyl sites for hydroxylation is 1. The van der Waals surface area contributed by atoms with E-state index < -0.39 is 5.97 Å². The number of carboxylic acid groups (broad SMARTS) is 1. The average molecular weight is 234 g/mol. The van der Waals surface area contributed by atoms with Gasteiger partial charge in [0.05, 0.1) is 11.1 Å². The van der Waals surface area contributed by atoms with Crippen LogP contribution in [0.2, 0.25) is 0 Å². The number of thioether (sulfide) groups is 1. The molecule has 2 aromatic rings. The zero-order valence-corrected chi connectivity index (χ0v) is 9.33. The quantitative estimate of drug-likeness (QED) is 0.822. The van der Waals surface area contributed by atoms with Crippen molar-refractivity contribution in [3.8, 4) is 0 Å². The summed E-state index contributed by atoms with van der Waals surface area (Å²) in [5, 5.41) is 15.6. The number of hydrogen-bond acceptors (Lipinski definition) is 3. The molecule has 0 radical (unpaired) electrons. The second-order valence-electron chi connectivity index (χ2n) is 3.77. The molecule has 3 rings (SSSR count). The molecule has 0 bridgehead atoms. The fourth-order valence-electron chi connectivity index (χ4n) is 1.93. The maximum Gasteiger partial charge on any atom is 0.335 e. The van der Waals surface area contributed by atoms with Crippen molar-refractivity contribution in [1.29, 1.82) is 0 Å². The highest BCUT2D eigenvalue weighted by Gasteiger charge is 2.16. The zero-order valence-electron chi connectivity index (χ0n) is 8.51. The molecule has 4 nitrogen and oxygen atoms in total. The van der Waals surface area contributed by atoms with Crippen LogP contribution in [0.1, 0.15) is 16.8 Å². The molecule has 82 valence electrons. The molecule has 0 amide bonds. The van der Waals surface area contributed by atoms with Crippen molar-refractivity contribution in [2.24, 2.45) is 0 Å². The summed E-state index contributed by atoms with van der Waals surface area (Å²) in [4.78, 5) is 10.8. The minimum atomic E-state index is -0.902. The van der Waals surface area contributed by atoms with Crippen LogP contribution in [0.4, 0.5) is 0 Å². The van der Waals surface area contributed by atoms with Crippen LogP contribution in [-0.4, -0.2) is 26.6 Å². The van der Waals surface area contributed by atoms with Gasteiger partial charge in [0, 0.05) is 17.7 Å². The van der Waals surface area contributed by atoms with Gasteiger partial charge < -0.3 is 5.11 Å². The fourth-order valence-corrected chi connectivity index (χ4v) is 3.01. The van der Waals surface area contributed by atoms with E-state index in [4.69, 9.17) is 5.11 Å². The molecule has 0 unspecified atom stereocenters. The van der Waals surface area contributed by atoms with Crippen molar-refractivity contribution in [2.75, 3.05) is 5.75 Å². The predicted octanol–water partition coefficient (Wildman–Crippen LogP) is 2.23. The first kappa shape index (κ1) is 9.72. The van der Waals surface area contributed by atoms with Gasteiger partial charge in [-0.25, -0.2) is 4.79 Å². The van der Waals surface area contributed by atoms with Gasteiger partial charge in [0.25, 0.3) is 0 Å². The van der Waals surface area contributed by atoms with Crippen molar-refractivity contribution in [3.05, 3.63) is 23.8 Å². The van der Waals surface area contributed by atoms with Crippen molar-refractivity contribution in [1.82, 2.24) is 9.78 Å². The highest BCUT2D eigenvalue weighted by atomic mass is 32.2. The van der Waals surface area contributed by atoms with Gasteiger partial charge in [-0.15, -0.1) is 11.8 Å². The van der Waals surface area contributed by atoms with E-state index in [1.54, 1.807) is 23.9 Å². The summed E-state index contributed by atoms with van der Waals surface area (Å²) >= 11 is 1.79. The first-order valence-corrected chi connectivity index (χ1v) is 6.11. The van der Waals surface area contributed by atoms with E-state index in [0.29, 0.717) is 5.56 Å². The van der Waals surface area contributed by atoms with Crippen LogP contribution in [0.5, 0.6) is 0 Å². The molecular weight excluding hydrogens is 224 g/mol. The number of aromatic nitrogens is 2. The zero-order chi connectivity index (χ0) is 11.1. The first-order chi connectivity index (χ1) is 7.75. The van der Waals surface area contributed by atoms with Gasteiger partial charge in [0.2, 0.25) is 0 Å². The van der Waals surface area contributed by atoms with Crippen LogP contribution in [0.3, 0.4) is 0 Å². The summed E-state index contributed by atoms with van der Waals surface area (Å²) in [6.07, 6.45) is 1.12. The van der Waals surface area contributed by atoms with E-state index in [2.05, 4.69) is 5.10 Å². The molecular formula is C11H10N2O2S. The van der Waals surface area contributed by atoms with Gasteiger partial charge in [0.15, 0.2) is 0 Å². The number of fused-ring (bicyclic) bond motifs is 3.